The van der Waals surface area contributed by atoms with E-state index < -0.39 is 0 Å². The molecule has 116 valence electrons. The van der Waals surface area contributed by atoms with Crippen LogP contribution >= 0.6 is 0 Å². The summed E-state index contributed by atoms with van der Waals surface area (Å²) in [4.78, 5) is 17.6. The highest BCUT2D eigenvalue weighted by molar-refractivity contribution is 5.89. The van der Waals surface area contributed by atoms with Gasteiger partial charge in [-0.05, 0) is 36.4 Å². The number of benzene rings is 1. The molecule has 6 nitrogen and oxygen atoms in total. The Morgan fingerprint density at radius 1 is 0.917 bits per heavy atom. The second-order valence-corrected chi connectivity index (χ2v) is 5.19. The van der Waals surface area contributed by atoms with Crippen LogP contribution in [0, 0.1) is 0 Å². The van der Waals surface area contributed by atoms with Crippen LogP contribution in [0.4, 0.5) is 11.5 Å². The Labute approximate surface area is 137 Å². The summed E-state index contributed by atoms with van der Waals surface area (Å²) in [5, 5.41) is 13.7. The minimum absolute atomic E-state index is 0.184. The summed E-state index contributed by atoms with van der Waals surface area (Å²) < 4.78 is 0. The highest BCUT2D eigenvalue weighted by Gasteiger charge is 2.10. The first-order chi connectivity index (χ1) is 11.8. The topological polar surface area (TPSA) is 83.8 Å². The zero-order valence-electron chi connectivity index (χ0n) is 12.6. The van der Waals surface area contributed by atoms with Crippen LogP contribution in [0.5, 0.6) is 5.75 Å². The lowest BCUT2D eigenvalue weighted by Gasteiger charge is -2.10. The standard InChI is InChI=1S/C18H13N5O/c24-14-6-1-5-13(10-14)21-18-15-7-3-9-20-17(15)22-16(23-18)12-4-2-8-19-11-12/h1-11,24H,(H,20,21,22,23). The molecule has 0 radical (unpaired) electrons. The molecule has 0 unspecified atom stereocenters. The van der Waals surface area contributed by atoms with Crippen LogP contribution in [-0.4, -0.2) is 25.0 Å². The average molecular weight is 315 g/mol. The number of rotatable bonds is 3. The maximum absolute atomic E-state index is 9.64. The van der Waals surface area contributed by atoms with Crippen LogP contribution in [0.1, 0.15) is 0 Å². The normalized spacial score (nSPS) is 10.7. The number of phenolic OH excluding ortho intramolecular Hbond substituents is 1. The van der Waals surface area contributed by atoms with Crippen LogP contribution in [0.15, 0.2) is 67.1 Å². The lowest BCUT2D eigenvalue weighted by Crippen LogP contribution is -2.00. The van der Waals surface area contributed by atoms with Gasteiger partial charge in [0.05, 0.1) is 5.39 Å². The van der Waals surface area contributed by atoms with Crippen molar-refractivity contribution < 1.29 is 5.11 Å². The third kappa shape index (κ3) is 2.72. The van der Waals surface area contributed by atoms with Crippen LogP contribution in [0.2, 0.25) is 0 Å². The number of hydrogen-bond donors (Lipinski definition) is 2. The van der Waals surface area contributed by atoms with Gasteiger partial charge in [-0.15, -0.1) is 0 Å². The molecule has 0 bridgehead atoms. The zero-order chi connectivity index (χ0) is 16.4. The number of nitrogens with zero attached hydrogens (tertiary/aromatic N) is 4. The Morgan fingerprint density at radius 3 is 2.67 bits per heavy atom. The molecule has 4 aromatic rings. The maximum atomic E-state index is 9.64. The molecule has 4 rings (SSSR count). The fourth-order valence-electron chi connectivity index (χ4n) is 2.40. The number of anilines is 2. The number of nitrogens with one attached hydrogen (secondary N) is 1. The molecule has 0 aliphatic rings. The molecule has 0 spiro atoms. The van der Waals surface area contributed by atoms with E-state index in [0.29, 0.717) is 17.3 Å². The van der Waals surface area contributed by atoms with Crippen LogP contribution in [-0.2, 0) is 0 Å². The van der Waals surface area contributed by atoms with E-state index in [9.17, 15) is 5.11 Å². The molecule has 0 aliphatic carbocycles. The fraction of sp³-hybridized carbons (Fsp3) is 0. The number of phenols is 1. The number of fused-ring (bicyclic) bond motifs is 1. The summed E-state index contributed by atoms with van der Waals surface area (Å²) in [6, 6.07) is 14.3. The van der Waals surface area contributed by atoms with Crippen molar-refractivity contribution in [3.05, 3.63) is 67.1 Å². The van der Waals surface area contributed by atoms with Crippen molar-refractivity contribution in [2.45, 2.75) is 0 Å². The third-order valence-electron chi connectivity index (χ3n) is 3.50. The largest absolute Gasteiger partial charge is 0.508 e. The van der Waals surface area contributed by atoms with Gasteiger partial charge >= 0.3 is 0 Å². The molecule has 0 saturated heterocycles. The molecule has 0 aliphatic heterocycles. The molecule has 0 amide bonds. The first kappa shape index (κ1) is 14.1. The van der Waals surface area contributed by atoms with E-state index in [1.165, 1.54) is 0 Å². The van der Waals surface area contributed by atoms with Gasteiger partial charge in [-0.2, -0.15) is 0 Å². The Balaban J connectivity index is 1.86. The van der Waals surface area contributed by atoms with Gasteiger partial charge < -0.3 is 10.4 Å². The molecule has 0 fully saturated rings. The van der Waals surface area contributed by atoms with E-state index in [0.717, 1.165) is 16.6 Å². The predicted molar refractivity (Wildman–Crippen MR) is 92.0 cm³/mol. The van der Waals surface area contributed by atoms with Gasteiger partial charge in [-0.25, -0.2) is 15.0 Å². The first-order valence-electron chi connectivity index (χ1n) is 7.39. The number of hydrogen-bond acceptors (Lipinski definition) is 6. The van der Waals surface area contributed by atoms with Crippen LogP contribution < -0.4 is 5.32 Å². The van der Waals surface area contributed by atoms with E-state index >= 15 is 0 Å². The predicted octanol–water partition coefficient (Wildman–Crippen LogP) is 3.54. The van der Waals surface area contributed by atoms with Crippen molar-refractivity contribution in [3.8, 4) is 17.1 Å². The fourth-order valence-corrected chi connectivity index (χ4v) is 2.40. The average Bonchev–Trinajstić information content (AvgIpc) is 2.62. The summed E-state index contributed by atoms with van der Waals surface area (Å²) in [5.41, 5.74) is 2.13. The minimum atomic E-state index is 0.184. The van der Waals surface area contributed by atoms with Gasteiger partial charge in [0.1, 0.15) is 11.6 Å². The molecule has 0 atom stereocenters. The van der Waals surface area contributed by atoms with E-state index in [1.54, 1.807) is 36.8 Å². The second kappa shape index (κ2) is 5.92. The lowest BCUT2D eigenvalue weighted by atomic mass is 10.2. The smallest absolute Gasteiger partial charge is 0.165 e. The maximum Gasteiger partial charge on any atom is 0.165 e. The molecule has 2 N–H and O–H groups in total. The summed E-state index contributed by atoms with van der Waals surface area (Å²) in [6.07, 6.45) is 5.11. The second-order valence-electron chi connectivity index (χ2n) is 5.19. The lowest BCUT2D eigenvalue weighted by molar-refractivity contribution is 0.475. The molecule has 3 heterocycles. The molecular formula is C18H13N5O. The molecule has 1 aromatic carbocycles. The van der Waals surface area contributed by atoms with Gasteiger partial charge in [0, 0.05) is 35.9 Å². The van der Waals surface area contributed by atoms with Crippen LogP contribution in [0.3, 0.4) is 0 Å². The highest BCUT2D eigenvalue weighted by atomic mass is 16.3. The Bertz CT molecular complexity index is 1000. The van der Waals surface area contributed by atoms with Gasteiger partial charge in [0.25, 0.3) is 0 Å². The van der Waals surface area contributed by atoms with Crippen LogP contribution in [0.25, 0.3) is 22.4 Å². The summed E-state index contributed by atoms with van der Waals surface area (Å²) in [6.45, 7) is 0. The summed E-state index contributed by atoms with van der Waals surface area (Å²) in [7, 11) is 0. The van der Waals surface area contributed by atoms with E-state index in [-0.39, 0.29) is 5.75 Å². The summed E-state index contributed by atoms with van der Waals surface area (Å²) in [5.74, 6) is 1.35. The quantitative estimate of drug-likeness (QED) is 0.601. The number of aromatic hydroxyl groups is 1. The molecular weight excluding hydrogens is 302 g/mol. The Morgan fingerprint density at radius 2 is 1.83 bits per heavy atom. The van der Waals surface area contributed by atoms with E-state index in [1.807, 2.05) is 30.3 Å². The van der Waals surface area contributed by atoms with Gasteiger partial charge in [0.15, 0.2) is 11.5 Å². The van der Waals surface area contributed by atoms with Crippen molar-refractivity contribution in [1.82, 2.24) is 19.9 Å². The third-order valence-corrected chi connectivity index (χ3v) is 3.50. The molecule has 6 heteroatoms. The first-order valence-corrected chi connectivity index (χ1v) is 7.39. The van der Waals surface area contributed by atoms with Crippen molar-refractivity contribution in [2.24, 2.45) is 0 Å². The van der Waals surface area contributed by atoms with Gasteiger partial charge in [-0.1, -0.05) is 6.07 Å². The molecule has 24 heavy (non-hydrogen) atoms. The number of aromatic nitrogens is 4. The Kier molecular flexibility index (Phi) is 3.47. The van der Waals surface area contributed by atoms with E-state index in [2.05, 4.69) is 25.3 Å². The number of pyridine rings is 2. The van der Waals surface area contributed by atoms with Gasteiger partial charge in [0.2, 0.25) is 0 Å². The highest BCUT2D eigenvalue weighted by Crippen LogP contribution is 2.27. The van der Waals surface area contributed by atoms with E-state index in [4.69, 9.17) is 0 Å². The van der Waals surface area contributed by atoms with Gasteiger partial charge in [-0.3, -0.25) is 4.98 Å². The van der Waals surface area contributed by atoms with Crippen molar-refractivity contribution in [1.29, 1.82) is 0 Å². The molecule has 3 aromatic heterocycles. The molecule has 0 saturated carbocycles. The monoisotopic (exact) mass is 315 g/mol. The minimum Gasteiger partial charge on any atom is -0.508 e. The summed E-state index contributed by atoms with van der Waals surface area (Å²) >= 11 is 0. The SMILES string of the molecule is Oc1cccc(Nc2nc(-c3cccnc3)nc3ncccc23)c1. The Hall–Kier alpha value is -3.54. The van der Waals surface area contributed by atoms with Crippen molar-refractivity contribution in [3.63, 3.8) is 0 Å². The zero-order valence-corrected chi connectivity index (χ0v) is 12.6. The van der Waals surface area contributed by atoms with Crippen molar-refractivity contribution in [2.75, 3.05) is 5.32 Å². The van der Waals surface area contributed by atoms with Crippen molar-refractivity contribution >= 4 is 22.5 Å².